The molecule has 0 saturated carbocycles. The molecule has 0 unspecified atom stereocenters. The number of nitrogens with zero attached hydrogens (tertiary/aromatic N) is 1. The van der Waals surface area contributed by atoms with Crippen LogP contribution in [-0.2, 0) is 19.0 Å². The Hall–Kier alpha value is -0.820. The molecule has 7 heteroatoms. The Kier molecular flexibility index (Phi) is 6.06. The normalized spacial score (nSPS) is 17.8. The summed E-state index contributed by atoms with van der Waals surface area (Å²) in [6.07, 6.45) is 3.12. The molecular weight excluding hydrogens is 270 g/mol. The maximum Gasteiger partial charge on any atom is 0.410 e. The third kappa shape index (κ3) is 6.77. The number of ether oxygens (including phenoxy) is 1. The lowest BCUT2D eigenvalue weighted by molar-refractivity contribution is 0.0638. The van der Waals surface area contributed by atoms with Gasteiger partial charge in [0.05, 0.1) is 19.0 Å². The number of carbonyl (C=O) groups excluding carboxylic acids is 1. The molecule has 1 heterocycles. The minimum absolute atomic E-state index is 0.103. The minimum Gasteiger partial charge on any atom is -0.447 e. The molecule has 0 aliphatic carbocycles. The summed E-state index contributed by atoms with van der Waals surface area (Å²) in [4.78, 5) is 13.4. The topological polar surface area (TPSA) is 72.9 Å². The Labute approximate surface area is 115 Å². The highest BCUT2D eigenvalue weighted by atomic mass is 32.2. The number of carbonyl (C=O) groups is 1. The fourth-order valence-electron chi connectivity index (χ4n) is 2.05. The van der Waals surface area contributed by atoms with Gasteiger partial charge >= 0.3 is 6.09 Å². The molecule has 1 aliphatic heterocycles. The quantitative estimate of drug-likeness (QED) is 0.720. The second-order valence-corrected chi connectivity index (χ2v) is 6.82. The number of hydrogen-bond donors (Lipinski definition) is 0. The van der Waals surface area contributed by atoms with Crippen LogP contribution in [0.3, 0.4) is 0 Å². The smallest absolute Gasteiger partial charge is 0.410 e. The van der Waals surface area contributed by atoms with Crippen molar-refractivity contribution in [2.75, 3.05) is 26.0 Å². The highest BCUT2D eigenvalue weighted by Crippen LogP contribution is 2.21. The van der Waals surface area contributed by atoms with Crippen molar-refractivity contribution in [3.63, 3.8) is 0 Å². The van der Waals surface area contributed by atoms with Gasteiger partial charge in [-0.3, -0.25) is 4.18 Å². The molecule has 1 fully saturated rings. The maximum atomic E-state index is 11.7. The lowest BCUT2D eigenvalue weighted by atomic mass is 9.94. The molecule has 0 aromatic carbocycles. The first-order chi connectivity index (χ1) is 8.78. The summed E-state index contributed by atoms with van der Waals surface area (Å²) >= 11 is 0. The van der Waals surface area contributed by atoms with E-state index in [9.17, 15) is 13.2 Å². The van der Waals surface area contributed by atoms with Gasteiger partial charge in [-0.2, -0.15) is 8.42 Å². The molecule has 0 atom stereocenters. The standard InChI is InChI=1S/C12H23NO5S/c1-10(2)18-12(14)13-7-4-11(5-8-13)6-9-17-19(3,15)16/h10-11H,4-9H2,1-3H3. The van der Waals surface area contributed by atoms with Gasteiger partial charge in [-0.05, 0) is 39.0 Å². The molecule has 1 rings (SSSR count). The Morgan fingerprint density at radius 1 is 1.32 bits per heavy atom. The van der Waals surface area contributed by atoms with E-state index in [0.717, 1.165) is 19.1 Å². The molecule has 0 spiro atoms. The van der Waals surface area contributed by atoms with Crippen LogP contribution in [0.4, 0.5) is 4.79 Å². The number of piperidine rings is 1. The van der Waals surface area contributed by atoms with Gasteiger partial charge < -0.3 is 9.64 Å². The summed E-state index contributed by atoms with van der Waals surface area (Å²) in [5.41, 5.74) is 0. The Morgan fingerprint density at radius 3 is 2.37 bits per heavy atom. The molecule has 0 N–H and O–H groups in total. The number of likely N-dealkylation sites (tertiary alicyclic amines) is 1. The first-order valence-corrected chi connectivity index (χ1v) is 8.39. The van der Waals surface area contributed by atoms with Crippen molar-refractivity contribution >= 4 is 16.2 Å². The first kappa shape index (κ1) is 16.2. The molecule has 0 bridgehead atoms. The zero-order chi connectivity index (χ0) is 14.5. The minimum atomic E-state index is -3.35. The molecule has 112 valence electrons. The van der Waals surface area contributed by atoms with Gasteiger partial charge in [0, 0.05) is 13.1 Å². The number of rotatable bonds is 5. The molecule has 19 heavy (non-hydrogen) atoms. The third-order valence-electron chi connectivity index (χ3n) is 3.03. The molecule has 0 aromatic rings. The van der Waals surface area contributed by atoms with Crippen LogP contribution < -0.4 is 0 Å². The number of hydrogen-bond acceptors (Lipinski definition) is 5. The van der Waals surface area contributed by atoms with Crippen LogP contribution in [0, 0.1) is 5.92 Å². The molecule has 1 aliphatic rings. The van der Waals surface area contributed by atoms with Crippen molar-refractivity contribution < 1.29 is 22.1 Å². The molecule has 6 nitrogen and oxygen atoms in total. The van der Waals surface area contributed by atoms with Crippen molar-refractivity contribution in [3.8, 4) is 0 Å². The summed E-state index contributed by atoms with van der Waals surface area (Å²) in [6.45, 7) is 5.20. The molecule has 0 aromatic heterocycles. The van der Waals surface area contributed by atoms with E-state index < -0.39 is 10.1 Å². The van der Waals surface area contributed by atoms with E-state index in [1.807, 2.05) is 13.8 Å². The molecule has 1 amide bonds. The number of amides is 1. The predicted molar refractivity (Wildman–Crippen MR) is 71.3 cm³/mol. The fraction of sp³-hybridized carbons (Fsp3) is 0.917. The summed E-state index contributed by atoms with van der Waals surface area (Å²) in [7, 11) is -3.35. The zero-order valence-corrected chi connectivity index (χ0v) is 12.6. The third-order valence-corrected chi connectivity index (χ3v) is 3.63. The summed E-state index contributed by atoms with van der Waals surface area (Å²) in [6, 6.07) is 0. The van der Waals surface area contributed by atoms with Crippen molar-refractivity contribution in [2.45, 2.75) is 39.2 Å². The molecular formula is C12H23NO5S. The van der Waals surface area contributed by atoms with Crippen molar-refractivity contribution in [2.24, 2.45) is 5.92 Å². The van der Waals surface area contributed by atoms with E-state index in [0.29, 0.717) is 25.4 Å². The van der Waals surface area contributed by atoms with Crippen LogP contribution in [-0.4, -0.2) is 51.5 Å². The van der Waals surface area contributed by atoms with Crippen molar-refractivity contribution in [1.29, 1.82) is 0 Å². The van der Waals surface area contributed by atoms with Gasteiger partial charge in [0.15, 0.2) is 0 Å². The van der Waals surface area contributed by atoms with Crippen molar-refractivity contribution in [3.05, 3.63) is 0 Å². The van der Waals surface area contributed by atoms with Gasteiger partial charge in [0.25, 0.3) is 10.1 Å². The fourth-order valence-corrected chi connectivity index (χ4v) is 2.45. The van der Waals surface area contributed by atoms with Gasteiger partial charge in [-0.1, -0.05) is 0 Å². The van der Waals surface area contributed by atoms with E-state index in [4.69, 9.17) is 8.92 Å². The van der Waals surface area contributed by atoms with E-state index >= 15 is 0 Å². The maximum absolute atomic E-state index is 11.7. The SMILES string of the molecule is CC(C)OC(=O)N1CCC(CCOS(C)(=O)=O)CC1. The second kappa shape index (κ2) is 7.09. The lowest BCUT2D eigenvalue weighted by Crippen LogP contribution is -2.39. The average Bonchev–Trinajstić information content (AvgIpc) is 2.27. The average molecular weight is 293 g/mol. The van der Waals surface area contributed by atoms with Crippen LogP contribution in [0.5, 0.6) is 0 Å². The summed E-state index contributed by atoms with van der Waals surface area (Å²) in [5, 5.41) is 0. The zero-order valence-electron chi connectivity index (χ0n) is 11.8. The van der Waals surface area contributed by atoms with E-state index in [1.54, 1.807) is 4.90 Å². The van der Waals surface area contributed by atoms with Crippen molar-refractivity contribution in [1.82, 2.24) is 4.90 Å². The van der Waals surface area contributed by atoms with Gasteiger partial charge in [-0.15, -0.1) is 0 Å². The molecule has 0 radical (unpaired) electrons. The van der Waals surface area contributed by atoms with Gasteiger partial charge in [0.1, 0.15) is 0 Å². The molecule has 1 saturated heterocycles. The largest absolute Gasteiger partial charge is 0.447 e. The van der Waals surface area contributed by atoms with Gasteiger partial charge in [0.2, 0.25) is 0 Å². The predicted octanol–water partition coefficient (Wildman–Crippen LogP) is 1.61. The van der Waals surface area contributed by atoms with Crippen LogP contribution in [0.1, 0.15) is 33.1 Å². The van der Waals surface area contributed by atoms with Crippen LogP contribution in [0.2, 0.25) is 0 Å². The Bertz CT molecular complexity index is 385. The second-order valence-electron chi connectivity index (χ2n) is 5.18. The monoisotopic (exact) mass is 293 g/mol. The van der Waals surface area contributed by atoms with E-state index in [2.05, 4.69) is 0 Å². The summed E-state index contributed by atoms with van der Waals surface area (Å²) < 4.78 is 31.5. The van der Waals surface area contributed by atoms with Gasteiger partial charge in [-0.25, -0.2) is 4.79 Å². The first-order valence-electron chi connectivity index (χ1n) is 6.58. The van der Waals surface area contributed by atoms with Crippen LogP contribution in [0.15, 0.2) is 0 Å². The lowest BCUT2D eigenvalue weighted by Gasteiger charge is -2.31. The van der Waals surface area contributed by atoms with Crippen LogP contribution >= 0.6 is 0 Å². The van der Waals surface area contributed by atoms with Crippen LogP contribution in [0.25, 0.3) is 0 Å². The highest BCUT2D eigenvalue weighted by molar-refractivity contribution is 7.85. The highest BCUT2D eigenvalue weighted by Gasteiger charge is 2.24. The summed E-state index contributed by atoms with van der Waals surface area (Å²) in [5.74, 6) is 0.407. The van der Waals surface area contributed by atoms with E-state index in [-0.39, 0.29) is 18.8 Å². The Morgan fingerprint density at radius 2 is 1.89 bits per heavy atom. The Balaban J connectivity index is 2.23. The van der Waals surface area contributed by atoms with E-state index in [1.165, 1.54) is 0 Å².